The summed E-state index contributed by atoms with van der Waals surface area (Å²) in [7, 11) is 0. The van der Waals surface area contributed by atoms with Crippen LogP contribution < -0.4 is 5.32 Å². The second kappa shape index (κ2) is 8.46. The smallest absolute Gasteiger partial charge is 0.341 e. The van der Waals surface area contributed by atoms with Crippen LogP contribution in [-0.2, 0) is 16.1 Å². The van der Waals surface area contributed by atoms with Gasteiger partial charge in [0.1, 0.15) is 22.6 Å². The van der Waals surface area contributed by atoms with Crippen molar-refractivity contribution >= 4 is 39.2 Å². The summed E-state index contributed by atoms with van der Waals surface area (Å²) in [5.41, 5.74) is 4.60. The third-order valence-electron chi connectivity index (χ3n) is 4.60. The topological polar surface area (TPSA) is 86.1 Å². The van der Waals surface area contributed by atoms with E-state index in [1.807, 2.05) is 60.8 Å². The van der Waals surface area contributed by atoms with E-state index < -0.39 is 5.97 Å². The van der Waals surface area contributed by atoms with E-state index in [0.717, 1.165) is 27.7 Å². The standard InChI is InChI=1S/C22H20N4O3S/c1-3-29-22(28)20-16(15-10-8-14(2)9-11-15)13-30-21(20)23-19(27)12-26-18-7-5-4-6-17(18)24-25-26/h4-11,13H,3,12H2,1-2H3,(H,23,27). The van der Waals surface area contributed by atoms with Crippen LogP contribution in [0.5, 0.6) is 0 Å². The maximum atomic E-state index is 12.7. The normalized spacial score (nSPS) is 10.9. The van der Waals surface area contributed by atoms with Crippen LogP contribution >= 0.6 is 11.3 Å². The highest BCUT2D eigenvalue weighted by Gasteiger charge is 2.23. The molecule has 0 radical (unpaired) electrons. The predicted octanol–water partition coefficient (Wildman–Crippen LogP) is 4.28. The largest absolute Gasteiger partial charge is 0.462 e. The first-order valence-electron chi connectivity index (χ1n) is 9.50. The lowest BCUT2D eigenvalue weighted by Crippen LogP contribution is -2.20. The highest BCUT2D eigenvalue weighted by Crippen LogP contribution is 2.36. The number of esters is 1. The molecule has 2 aromatic carbocycles. The van der Waals surface area contributed by atoms with E-state index >= 15 is 0 Å². The Labute approximate surface area is 177 Å². The number of nitrogens with one attached hydrogen (secondary N) is 1. The van der Waals surface area contributed by atoms with E-state index in [2.05, 4.69) is 15.6 Å². The number of thiophene rings is 1. The second-order valence-corrected chi connectivity index (χ2v) is 7.60. The predicted molar refractivity (Wildman–Crippen MR) is 117 cm³/mol. The van der Waals surface area contributed by atoms with Crippen LogP contribution in [0, 0.1) is 6.92 Å². The molecule has 7 nitrogen and oxygen atoms in total. The van der Waals surface area contributed by atoms with E-state index in [1.54, 1.807) is 6.92 Å². The molecule has 1 amide bonds. The number of aryl methyl sites for hydroxylation is 1. The molecule has 0 spiro atoms. The van der Waals surface area contributed by atoms with E-state index in [0.29, 0.717) is 10.6 Å². The number of nitrogens with zero attached hydrogens (tertiary/aromatic N) is 3. The maximum absolute atomic E-state index is 12.7. The quantitative estimate of drug-likeness (QED) is 0.471. The number of ether oxygens (including phenoxy) is 1. The zero-order chi connectivity index (χ0) is 21.1. The number of aromatic nitrogens is 3. The number of benzene rings is 2. The van der Waals surface area contributed by atoms with Gasteiger partial charge in [0.15, 0.2) is 0 Å². The highest BCUT2D eigenvalue weighted by molar-refractivity contribution is 7.15. The van der Waals surface area contributed by atoms with Crippen LogP contribution in [0.4, 0.5) is 5.00 Å². The first kappa shape index (κ1) is 19.8. The second-order valence-electron chi connectivity index (χ2n) is 6.72. The minimum atomic E-state index is -0.462. The third-order valence-corrected chi connectivity index (χ3v) is 5.50. The summed E-state index contributed by atoms with van der Waals surface area (Å²) in [6.07, 6.45) is 0. The van der Waals surface area contributed by atoms with Gasteiger partial charge in [-0.25, -0.2) is 9.48 Å². The van der Waals surface area contributed by atoms with E-state index in [9.17, 15) is 9.59 Å². The van der Waals surface area contributed by atoms with Gasteiger partial charge < -0.3 is 10.1 Å². The summed E-state index contributed by atoms with van der Waals surface area (Å²) in [5.74, 6) is -0.760. The van der Waals surface area contributed by atoms with Gasteiger partial charge >= 0.3 is 5.97 Å². The number of hydrogen-bond donors (Lipinski definition) is 1. The van der Waals surface area contributed by atoms with Gasteiger partial charge in [-0.2, -0.15) is 0 Å². The van der Waals surface area contributed by atoms with Gasteiger partial charge in [0, 0.05) is 10.9 Å². The Morgan fingerprint density at radius 2 is 1.90 bits per heavy atom. The van der Waals surface area contributed by atoms with Crippen LogP contribution in [-0.4, -0.2) is 33.5 Å². The number of fused-ring (bicyclic) bond motifs is 1. The Kier molecular flexibility index (Phi) is 5.58. The summed E-state index contributed by atoms with van der Waals surface area (Å²) < 4.78 is 6.78. The third kappa shape index (κ3) is 3.95. The number of rotatable bonds is 6. The lowest BCUT2D eigenvalue weighted by atomic mass is 10.0. The van der Waals surface area contributed by atoms with Crippen molar-refractivity contribution in [1.29, 1.82) is 0 Å². The molecule has 0 aliphatic heterocycles. The zero-order valence-electron chi connectivity index (χ0n) is 16.6. The fraction of sp³-hybridized carbons (Fsp3) is 0.182. The average Bonchev–Trinajstić information content (AvgIpc) is 3.33. The molecule has 8 heteroatoms. The number of anilines is 1. The summed E-state index contributed by atoms with van der Waals surface area (Å²) in [6.45, 7) is 3.99. The molecular weight excluding hydrogens is 400 g/mol. The van der Waals surface area contributed by atoms with Crippen LogP contribution in [0.1, 0.15) is 22.8 Å². The first-order valence-corrected chi connectivity index (χ1v) is 10.4. The Morgan fingerprint density at radius 3 is 2.67 bits per heavy atom. The minimum absolute atomic E-state index is 0.0133. The lowest BCUT2D eigenvalue weighted by Gasteiger charge is -2.09. The van der Waals surface area contributed by atoms with Crippen LogP contribution in [0.2, 0.25) is 0 Å². The van der Waals surface area contributed by atoms with Gasteiger partial charge in [-0.15, -0.1) is 16.4 Å². The fourth-order valence-corrected chi connectivity index (χ4v) is 4.11. The van der Waals surface area contributed by atoms with Gasteiger partial charge in [-0.05, 0) is 31.5 Å². The molecule has 30 heavy (non-hydrogen) atoms. The Morgan fingerprint density at radius 1 is 1.13 bits per heavy atom. The lowest BCUT2D eigenvalue weighted by molar-refractivity contribution is -0.116. The number of carbonyl (C=O) groups is 2. The number of carbonyl (C=O) groups excluding carboxylic acids is 2. The van der Waals surface area contributed by atoms with Crippen molar-refractivity contribution in [3.63, 3.8) is 0 Å². The number of para-hydroxylation sites is 1. The monoisotopic (exact) mass is 420 g/mol. The Bertz CT molecular complexity index is 1210. The number of hydrogen-bond acceptors (Lipinski definition) is 6. The van der Waals surface area contributed by atoms with Gasteiger partial charge in [0.25, 0.3) is 0 Å². The molecule has 0 aliphatic rings. The summed E-state index contributed by atoms with van der Waals surface area (Å²) in [4.78, 5) is 25.4. The molecule has 1 N–H and O–H groups in total. The van der Waals surface area contributed by atoms with E-state index in [1.165, 1.54) is 16.0 Å². The van der Waals surface area contributed by atoms with E-state index in [-0.39, 0.29) is 19.1 Å². The fourth-order valence-electron chi connectivity index (χ4n) is 3.14. The van der Waals surface area contributed by atoms with Crippen molar-refractivity contribution in [3.05, 3.63) is 65.0 Å². The molecule has 0 fully saturated rings. The Hall–Kier alpha value is -3.52. The number of amides is 1. The highest BCUT2D eigenvalue weighted by atomic mass is 32.1. The molecule has 4 rings (SSSR count). The summed E-state index contributed by atoms with van der Waals surface area (Å²) in [6, 6.07) is 15.3. The SMILES string of the molecule is CCOC(=O)c1c(-c2ccc(C)cc2)csc1NC(=O)Cn1nnc2ccccc21. The van der Waals surface area contributed by atoms with Crippen LogP contribution in [0.25, 0.3) is 22.2 Å². The maximum Gasteiger partial charge on any atom is 0.341 e. The molecule has 0 saturated heterocycles. The molecule has 0 aliphatic carbocycles. The average molecular weight is 420 g/mol. The zero-order valence-corrected chi connectivity index (χ0v) is 17.4. The van der Waals surface area contributed by atoms with Gasteiger partial charge in [-0.1, -0.05) is 47.2 Å². The van der Waals surface area contributed by atoms with Gasteiger partial charge in [-0.3, -0.25) is 4.79 Å². The Balaban J connectivity index is 1.62. The summed E-state index contributed by atoms with van der Waals surface area (Å²) in [5, 5.41) is 13.3. The first-order chi connectivity index (χ1) is 14.6. The van der Waals surface area contributed by atoms with Crippen molar-refractivity contribution in [1.82, 2.24) is 15.0 Å². The molecule has 152 valence electrons. The van der Waals surface area contributed by atoms with Crippen molar-refractivity contribution in [3.8, 4) is 11.1 Å². The van der Waals surface area contributed by atoms with Crippen molar-refractivity contribution in [2.45, 2.75) is 20.4 Å². The molecule has 4 aromatic rings. The molecule has 0 atom stereocenters. The van der Waals surface area contributed by atoms with Gasteiger partial charge in [0.05, 0.1) is 12.1 Å². The van der Waals surface area contributed by atoms with Crippen molar-refractivity contribution in [2.75, 3.05) is 11.9 Å². The molecule has 0 saturated carbocycles. The van der Waals surface area contributed by atoms with Crippen molar-refractivity contribution in [2.24, 2.45) is 0 Å². The van der Waals surface area contributed by atoms with E-state index in [4.69, 9.17) is 4.74 Å². The van der Waals surface area contributed by atoms with Gasteiger partial charge in [0.2, 0.25) is 5.91 Å². The molecular formula is C22H20N4O3S. The minimum Gasteiger partial charge on any atom is -0.462 e. The molecule has 0 bridgehead atoms. The van der Waals surface area contributed by atoms with Crippen LogP contribution in [0.15, 0.2) is 53.9 Å². The van der Waals surface area contributed by atoms with Crippen molar-refractivity contribution < 1.29 is 14.3 Å². The molecule has 0 unspecified atom stereocenters. The summed E-state index contributed by atoms with van der Waals surface area (Å²) >= 11 is 1.30. The molecule has 2 heterocycles. The molecule has 2 aromatic heterocycles. The van der Waals surface area contributed by atoms with Crippen LogP contribution in [0.3, 0.4) is 0 Å².